The van der Waals surface area contributed by atoms with Crippen LogP contribution >= 0.6 is 12.4 Å². The van der Waals surface area contributed by atoms with Gasteiger partial charge >= 0.3 is 5.69 Å². The summed E-state index contributed by atoms with van der Waals surface area (Å²) in [4.78, 5) is 26.8. The van der Waals surface area contributed by atoms with Crippen LogP contribution in [0.5, 0.6) is 0 Å². The highest BCUT2D eigenvalue weighted by Gasteiger charge is 2.26. The Labute approximate surface area is 141 Å². The van der Waals surface area contributed by atoms with Gasteiger partial charge in [-0.1, -0.05) is 12.1 Å². The second-order valence-corrected chi connectivity index (χ2v) is 5.83. The van der Waals surface area contributed by atoms with E-state index in [9.17, 15) is 9.59 Å². The number of hydrogen-bond acceptors (Lipinski definition) is 3. The van der Waals surface area contributed by atoms with E-state index in [-0.39, 0.29) is 30.5 Å². The molecule has 0 bridgehead atoms. The van der Waals surface area contributed by atoms with Crippen LogP contribution in [0.1, 0.15) is 13.3 Å². The monoisotopic (exact) mass is 338 g/mol. The molecule has 1 amide bonds. The van der Waals surface area contributed by atoms with Crippen molar-refractivity contribution in [3.63, 3.8) is 0 Å². The van der Waals surface area contributed by atoms with Gasteiger partial charge in [0.25, 0.3) is 0 Å². The first-order valence-corrected chi connectivity index (χ1v) is 7.81. The van der Waals surface area contributed by atoms with Crippen molar-refractivity contribution in [1.29, 1.82) is 0 Å². The van der Waals surface area contributed by atoms with Crippen LogP contribution in [0.15, 0.2) is 29.1 Å². The Morgan fingerprint density at radius 2 is 1.91 bits per heavy atom. The molecule has 1 unspecified atom stereocenters. The summed E-state index contributed by atoms with van der Waals surface area (Å²) in [6, 6.07) is 7.61. The number of benzene rings is 1. The van der Waals surface area contributed by atoms with Gasteiger partial charge in [-0.3, -0.25) is 13.9 Å². The van der Waals surface area contributed by atoms with Crippen molar-refractivity contribution >= 4 is 29.3 Å². The molecule has 2 aromatic rings. The quantitative estimate of drug-likeness (QED) is 0.905. The predicted molar refractivity (Wildman–Crippen MR) is 92.9 cm³/mol. The number of rotatable bonds is 4. The zero-order chi connectivity index (χ0) is 15.7. The SMILES string of the molecule is CCn1c(=O)n(CC(=O)N2CCC(CN)C2)c2ccccc21.Cl. The van der Waals surface area contributed by atoms with Crippen LogP contribution in [-0.4, -0.2) is 39.6 Å². The first kappa shape index (κ1) is 17.6. The summed E-state index contributed by atoms with van der Waals surface area (Å²) in [5.41, 5.74) is 7.25. The molecule has 1 aliphatic heterocycles. The molecule has 0 spiro atoms. The minimum absolute atomic E-state index is 0. The maximum Gasteiger partial charge on any atom is 0.329 e. The number of amides is 1. The number of carbonyl (C=O) groups excluding carboxylic acids is 1. The zero-order valence-electron chi connectivity index (χ0n) is 13.3. The Kier molecular flexibility index (Phi) is 5.49. The molecule has 0 radical (unpaired) electrons. The third-order valence-electron chi connectivity index (χ3n) is 4.51. The minimum Gasteiger partial charge on any atom is -0.341 e. The van der Waals surface area contributed by atoms with Crippen molar-refractivity contribution in [2.75, 3.05) is 19.6 Å². The van der Waals surface area contributed by atoms with Gasteiger partial charge in [0.05, 0.1) is 11.0 Å². The average molecular weight is 339 g/mol. The molecular weight excluding hydrogens is 316 g/mol. The summed E-state index contributed by atoms with van der Waals surface area (Å²) in [6.07, 6.45) is 0.952. The maximum absolute atomic E-state index is 12.5. The van der Waals surface area contributed by atoms with Gasteiger partial charge in [-0.2, -0.15) is 0 Å². The van der Waals surface area contributed by atoms with Crippen LogP contribution in [0.3, 0.4) is 0 Å². The van der Waals surface area contributed by atoms with Gasteiger partial charge in [-0.25, -0.2) is 4.79 Å². The lowest BCUT2D eigenvalue weighted by atomic mass is 10.1. The van der Waals surface area contributed by atoms with Gasteiger partial charge in [0.15, 0.2) is 0 Å². The number of aryl methyl sites for hydroxylation is 1. The summed E-state index contributed by atoms with van der Waals surface area (Å²) >= 11 is 0. The number of nitrogens with two attached hydrogens (primary N) is 1. The Bertz CT molecular complexity index is 752. The van der Waals surface area contributed by atoms with Gasteiger partial charge < -0.3 is 10.6 Å². The number of likely N-dealkylation sites (tertiary alicyclic amines) is 1. The van der Waals surface area contributed by atoms with Crippen molar-refractivity contribution in [3.8, 4) is 0 Å². The van der Waals surface area contributed by atoms with Crippen LogP contribution in [0.4, 0.5) is 0 Å². The molecule has 2 heterocycles. The summed E-state index contributed by atoms with van der Waals surface area (Å²) in [6.45, 7) is 4.69. The fraction of sp³-hybridized carbons (Fsp3) is 0.500. The molecule has 3 rings (SSSR count). The Morgan fingerprint density at radius 3 is 2.48 bits per heavy atom. The van der Waals surface area contributed by atoms with Gasteiger partial charge in [0, 0.05) is 19.6 Å². The van der Waals surface area contributed by atoms with Crippen LogP contribution in [0, 0.1) is 5.92 Å². The van der Waals surface area contributed by atoms with E-state index in [0.717, 1.165) is 24.0 Å². The molecule has 2 N–H and O–H groups in total. The van der Waals surface area contributed by atoms with E-state index in [1.54, 1.807) is 9.13 Å². The van der Waals surface area contributed by atoms with E-state index in [2.05, 4.69) is 0 Å². The number of carbonyl (C=O) groups is 1. The lowest BCUT2D eigenvalue weighted by Crippen LogP contribution is -2.36. The van der Waals surface area contributed by atoms with Gasteiger partial charge in [-0.05, 0) is 37.9 Å². The molecule has 0 aliphatic carbocycles. The van der Waals surface area contributed by atoms with Crippen LogP contribution in [0.25, 0.3) is 11.0 Å². The number of fused-ring (bicyclic) bond motifs is 1. The Hall–Kier alpha value is -1.79. The second kappa shape index (κ2) is 7.19. The molecule has 1 saturated heterocycles. The topological polar surface area (TPSA) is 73.3 Å². The number of aromatic nitrogens is 2. The van der Waals surface area contributed by atoms with E-state index in [4.69, 9.17) is 5.73 Å². The highest BCUT2D eigenvalue weighted by Crippen LogP contribution is 2.17. The van der Waals surface area contributed by atoms with E-state index < -0.39 is 0 Å². The lowest BCUT2D eigenvalue weighted by molar-refractivity contribution is -0.130. The van der Waals surface area contributed by atoms with Crippen molar-refractivity contribution < 1.29 is 4.79 Å². The van der Waals surface area contributed by atoms with Crippen molar-refractivity contribution in [2.45, 2.75) is 26.4 Å². The molecule has 1 aromatic carbocycles. The summed E-state index contributed by atoms with van der Waals surface area (Å²) in [5.74, 6) is 0.384. The van der Waals surface area contributed by atoms with E-state index in [0.29, 0.717) is 25.6 Å². The highest BCUT2D eigenvalue weighted by molar-refractivity contribution is 5.85. The molecule has 1 fully saturated rings. The smallest absolute Gasteiger partial charge is 0.329 e. The molecule has 126 valence electrons. The molecule has 0 saturated carbocycles. The normalized spacial score (nSPS) is 17.5. The molecule has 1 aliphatic rings. The van der Waals surface area contributed by atoms with E-state index in [1.807, 2.05) is 36.1 Å². The summed E-state index contributed by atoms with van der Waals surface area (Å²) in [5, 5.41) is 0. The standard InChI is InChI=1S/C16H22N4O2.ClH/c1-2-19-13-5-3-4-6-14(13)20(16(19)22)11-15(21)18-8-7-12(9-17)10-18;/h3-6,12H,2,7-11,17H2,1H3;1H. The molecular formula is C16H23ClN4O2. The lowest BCUT2D eigenvalue weighted by Gasteiger charge is -2.16. The van der Waals surface area contributed by atoms with Gasteiger partial charge in [0.1, 0.15) is 6.54 Å². The van der Waals surface area contributed by atoms with Crippen LogP contribution < -0.4 is 11.4 Å². The van der Waals surface area contributed by atoms with Crippen molar-refractivity contribution in [3.05, 3.63) is 34.7 Å². The minimum atomic E-state index is -0.119. The fourth-order valence-electron chi connectivity index (χ4n) is 3.22. The molecule has 7 heteroatoms. The van der Waals surface area contributed by atoms with Crippen molar-refractivity contribution in [2.24, 2.45) is 11.7 Å². The Balaban J connectivity index is 0.00000192. The second-order valence-electron chi connectivity index (χ2n) is 5.83. The predicted octanol–water partition coefficient (Wildman–Crippen LogP) is 1.05. The average Bonchev–Trinajstić information content (AvgIpc) is 3.11. The largest absolute Gasteiger partial charge is 0.341 e. The molecule has 6 nitrogen and oxygen atoms in total. The van der Waals surface area contributed by atoms with Gasteiger partial charge in [-0.15, -0.1) is 12.4 Å². The summed E-state index contributed by atoms with van der Waals surface area (Å²) in [7, 11) is 0. The van der Waals surface area contributed by atoms with Crippen LogP contribution in [-0.2, 0) is 17.9 Å². The summed E-state index contributed by atoms with van der Waals surface area (Å²) < 4.78 is 3.28. The Morgan fingerprint density at radius 1 is 1.26 bits per heavy atom. The van der Waals surface area contributed by atoms with Crippen molar-refractivity contribution in [1.82, 2.24) is 14.0 Å². The first-order chi connectivity index (χ1) is 10.7. The number of imidazole rings is 1. The molecule has 1 atom stereocenters. The highest BCUT2D eigenvalue weighted by atomic mass is 35.5. The number of nitrogens with zero attached hydrogens (tertiary/aromatic N) is 3. The van der Waals surface area contributed by atoms with Crippen LogP contribution in [0.2, 0.25) is 0 Å². The van der Waals surface area contributed by atoms with E-state index >= 15 is 0 Å². The molecule has 23 heavy (non-hydrogen) atoms. The maximum atomic E-state index is 12.5. The number of hydrogen-bond donors (Lipinski definition) is 1. The fourth-order valence-corrected chi connectivity index (χ4v) is 3.22. The third-order valence-corrected chi connectivity index (χ3v) is 4.51. The number of para-hydroxylation sites is 2. The molecule has 1 aromatic heterocycles. The third kappa shape index (κ3) is 3.14. The zero-order valence-corrected chi connectivity index (χ0v) is 14.1. The first-order valence-electron chi connectivity index (χ1n) is 7.81. The van der Waals surface area contributed by atoms with E-state index in [1.165, 1.54) is 0 Å². The number of halogens is 1. The van der Waals surface area contributed by atoms with Gasteiger partial charge in [0.2, 0.25) is 5.91 Å².